The normalized spacial score (nSPS) is 10.5. The van der Waals surface area contributed by atoms with Gasteiger partial charge in [0, 0.05) is 30.8 Å². The highest BCUT2D eigenvalue weighted by Crippen LogP contribution is 2.34. The van der Waals surface area contributed by atoms with Gasteiger partial charge in [-0.25, -0.2) is 4.68 Å². The van der Waals surface area contributed by atoms with Crippen LogP contribution >= 0.6 is 0 Å². The van der Waals surface area contributed by atoms with Crippen LogP contribution in [-0.2, 0) is 9.53 Å². The van der Waals surface area contributed by atoms with Crippen LogP contribution in [0.4, 0.5) is 0 Å². The van der Waals surface area contributed by atoms with Gasteiger partial charge in [-0.05, 0) is 37.1 Å². The number of amides is 1. The number of aromatic nitrogens is 2. The first kappa shape index (κ1) is 23.8. The van der Waals surface area contributed by atoms with Gasteiger partial charge in [0.15, 0.2) is 0 Å². The molecular weight excluding hydrogens is 422 g/mol. The highest BCUT2D eigenvalue weighted by Gasteiger charge is 2.21. The molecule has 3 rings (SSSR count). The van der Waals surface area contributed by atoms with E-state index in [0.717, 1.165) is 24.9 Å². The van der Waals surface area contributed by atoms with Gasteiger partial charge >= 0.3 is 5.97 Å². The quantitative estimate of drug-likeness (QED) is 0.350. The molecule has 1 aromatic heterocycles. The highest BCUT2D eigenvalue weighted by atomic mass is 16.5. The third-order valence-corrected chi connectivity index (χ3v) is 5.21. The van der Waals surface area contributed by atoms with E-state index in [-0.39, 0.29) is 11.9 Å². The lowest BCUT2D eigenvalue weighted by Gasteiger charge is -2.10. The van der Waals surface area contributed by atoms with Crippen molar-refractivity contribution in [3.05, 3.63) is 60.3 Å². The Labute approximate surface area is 193 Å². The minimum Gasteiger partial charge on any atom is -0.497 e. The van der Waals surface area contributed by atoms with Crippen LogP contribution in [0, 0.1) is 0 Å². The summed E-state index contributed by atoms with van der Waals surface area (Å²) in [6, 6.07) is 15.0. The number of unbranched alkanes of at least 4 members (excludes halogenated alkanes) is 2. The molecular formula is C25H29N3O5. The van der Waals surface area contributed by atoms with Crippen LogP contribution in [0.1, 0.15) is 36.0 Å². The van der Waals surface area contributed by atoms with E-state index < -0.39 is 0 Å². The van der Waals surface area contributed by atoms with E-state index >= 15 is 0 Å². The topological polar surface area (TPSA) is 91.7 Å². The number of hydrogen-bond acceptors (Lipinski definition) is 6. The van der Waals surface area contributed by atoms with Crippen molar-refractivity contribution in [1.29, 1.82) is 0 Å². The van der Waals surface area contributed by atoms with Crippen molar-refractivity contribution < 1.29 is 23.8 Å². The second kappa shape index (κ2) is 11.7. The zero-order valence-electron chi connectivity index (χ0n) is 19.2. The number of methoxy groups -OCH3 is 3. The summed E-state index contributed by atoms with van der Waals surface area (Å²) in [6.07, 6.45) is 4.41. The summed E-state index contributed by atoms with van der Waals surface area (Å²) in [5, 5.41) is 7.67. The number of esters is 1. The molecule has 0 bridgehead atoms. The lowest BCUT2D eigenvalue weighted by atomic mass is 10.1. The molecule has 33 heavy (non-hydrogen) atoms. The molecule has 8 heteroatoms. The lowest BCUT2D eigenvalue weighted by molar-refractivity contribution is -0.140. The second-order valence-corrected chi connectivity index (χ2v) is 7.38. The maximum atomic E-state index is 13.1. The summed E-state index contributed by atoms with van der Waals surface area (Å²) < 4.78 is 17.2. The molecule has 0 aliphatic heterocycles. The maximum absolute atomic E-state index is 13.1. The number of benzene rings is 2. The van der Waals surface area contributed by atoms with E-state index in [1.54, 1.807) is 31.2 Å². The number of para-hydroxylation sites is 1. The number of nitrogens with zero attached hydrogens (tertiary/aromatic N) is 2. The first-order valence-corrected chi connectivity index (χ1v) is 10.8. The van der Waals surface area contributed by atoms with Crippen LogP contribution in [-0.4, -0.2) is 49.5 Å². The summed E-state index contributed by atoms with van der Waals surface area (Å²) in [6.45, 7) is 0.496. The predicted molar refractivity (Wildman–Crippen MR) is 125 cm³/mol. The maximum Gasteiger partial charge on any atom is 0.305 e. The third kappa shape index (κ3) is 6.12. The van der Waals surface area contributed by atoms with Gasteiger partial charge in [-0.1, -0.05) is 24.6 Å². The monoisotopic (exact) mass is 451 g/mol. The Morgan fingerprint density at radius 1 is 0.970 bits per heavy atom. The van der Waals surface area contributed by atoms with Gasteiger partial charge in [-0.3, -0.25) is 9.59 Å². The molecule has 1 amide bonds. The minimum atomic E-state index is -0.224. The van der Waals surface area contributed by atoms with Crippen LogP contribution < -0.4 is 14.8 Å². The van der Waals surface area contributed by atoms with Crippen molar-refractivity contribution in [1.82, 2.24) is 15.1 Å². The largest absolute Gasteiger partial charge is 0.497 e. The molecule has 0 saturated heterocycles. The Morgan fingerprint density at radius 2 is 1.76 bits per heavy atom. The first-order chi connectivity index (χ1) is 16.1. The van der Waals surface area contributed by atoms with Crippen LogP contribution in [0.15, 0.2) is 54.7 Å². The van der Waals surface area contributed by atoms with E-state index in [1.807, 2.05) is 42.5 Å². The molecule has 0 atom stereocenters. The molecule has 0 fully saturated rings. The van der Waals surface area contributed by atoms with E-state index in [0.29, 0.717) is 41.3 Å². The van der Waals surface area contributed by atoms with Gasteiger partial charge in [0.05, 0.1) is 32.6 Å². The van der Waals surface area contributed by atoms with Gasteiger partial charge in [0.1, 0.15) is 17.2 Å². The Hall–Kier alpha value is -3.81. The second-order valence-electron chi connectivity index (χ2n) is 7.38. The minimum absolute atomic E-state index is 0.217. The molecule has 1 N–H and O–H groups in total. The Bertz CT molecular complexity index is 1080. The number of ether oxygens (including phenoxy) is 3. The van der Waals surface area contributed by atoms with E-state index in [4.69, 9.17) is 14.6 Å². The fourth-order valence-electron chi connectivity index (χ4n) is 3.42. The molecule has 0 saturated carbocycles. The summed E-state index contributed by atoms with van der Waals surface area (Å²) in [5.74, 6) is 0.768. The zero-order chi connectivity index (χ0) is 23.6. The molecule has 3 aromatic rings. The number of rotatable bonds is 11. The summed E-state index contributed by atoms with van der Waals surface area (Å²) >= 11 is 0. The van der Waals surface area contributed by atoms with Gasteiger partial charge in [0.2, 0.25) is 0 Å². The highest BCUT2D eigenvalue weighted by molar-refractivity contribution is 6.00. The molecule has 0 radical (unpaired) electrons. The lowest BCUT2D eigenvalue weighted by Crippen LogP contribution is -2.24. The molecule has 0 aliphatic carbocycles. The Morgan fingerprint density at radius 3 is 2.45 bits per heavy atom. The van der Waals surface area contributed by atoms with E-state index in [2.05, 4.69) is 10.1 Å². The Balaban J connectivity index is 1.82. The van der Waals surface area contributed by atoms with E-state index in [1.165, 1.54) is 7.11 Å². The molecule has 8 nitrogen and oxygen atoms in total. The predicted octanol–water partition coefficient (Wildman–Crippen LogP) is 4.02. The number of carbonyl (C=O) groups excluding carboxylic acids is 2. The average molecular weight is 452 g/mol. The Kier molecular flexibility index (Phi) is 8.46. The van der Waals surface area contributed by atoms with Crippen LogP contribution in [0.25, 0.3) is 16.9 Å². The van der Waals surface area contributed by atoms with Gasteiger partial charge in [-0.15, -0.1) is 0 Å². The third-order valence-electron chi connectivity index (χ3n) is 5.21. The first-order valence-electron chi connectivity index (χ1n) is 10.8. The summed E-state index contributed by atoms with van der Waals surface area (Å²) in [7, 11) is 4.54. The smallest absolute Gasteiger partial charge is 0.305 e. The van der Waals surface area contributed by atoms with Gasteiger partial charge in [0.25, 0.3) is 5.91 Å². The standard InChI is InChI=1S/C25H29N3O5/c1-31-19-13-14-20(22(16-19)32-2)24-21(17-28(27-24)18-10-6-4-7-11-18)25(30)26-15-9-5-8-12-23(29)33-3/h4,6-7,10-11,13-14,16-17H,5,8-9,12,15H2,1-3H3,(H,26,30). The molecule has 1 heterocycles. The zero-order valence-corrected chi connectivity index (χ0v) is 19.2. The van der Waals surface area contributed by atoms with Crippen molar-refractivity contribution in [2.24, 2.45) is 0 Å². The average Bonchev–Trinajstić information content (AvgIpc) is 3.31. The van der Waals surface area contributed by atoms with Gasteiger partial charge in [-0.2, -0.15) is 5.10 Å². The molecule has 0 aliphatic rings. The van der Waals surface area contributed by atoms with Crippen molar-refractivity contribution in [3.8, 4) is 28.4 Å². The van der Waals surface area contributed by atoms with Crippen molar-refractivity contribution in [2.45, 2.75) is 25.7 Å². The molecule has 0 spiro atoms. The number of nitrogens with one attached hydrogen (secondary N) is 1. The van der Waals surface area contributed by atoms with Crippen molar-refractivity contribution in [3.63, 3.8) is 0 Å². The fourth-order valence-corrected chi connectivity index (χ4v) is 3.42. The van der Waals surface area contributed by atoms with Crippen molar-refractivity contribution in [2.75, 3.05) is 27.9 Å². The van der Waals surface area contributed by atoms with Crippen LogP contribution in [0.3, 0.4) is 0 Å². The number of hydrogen-bond donors (Lipinski definition) is 1. The van der Waals surface area contributed by atoms with Gasteiger partial charge < -0.3 is 19.5 Å². The molecule has 2 aromatic carbocycles. The summed E-state index contributed by atoms with van der Waals surface area (Å²) in [5.41, 5.74) is 2.49. The van der Waals surface area contributed by atoms with Crippen molar-refractivity contribution >= 4 is 11.9 Å². The number of carbonyl (C=O) groups is 2. The van der Waals surface area contributed by atoms with Crippen LogP contribution in [0.5, 0.6) is 11.5 Å². The van der Waals surface area contributed by atoms with Crippen LogP contribution in [0.2, 0.25) is 0 Å². The molecule has 0 unspecified atom stereocenters. The summed E-state index contributed by atoms with van der Waals surface area (Å²) in [4.78, 5) is 24.3. The SMILES string of the molecule is COC(=O)CCCCCNC(=O)c1cn(-c2ccccc2)nc1-c1ccc(OC)cc1OC. The molecule has 174 valence electrons. The fraction of sp³-hybridized carbons (Fsp3) is 0.320. The van der Waals surface area contributed by atoms with E-state index in [9.17, 15) is 9.59 Å².